The van der Waals surface area contributed by atoms with E-state index < -0.39 is 23.8 Å². The van der Waals surface area contributed by atoms with Gasteiger partial charge < -0.3 is 20.3 Å². The number of nitrogens with zero attached hydrogens (tertiary/aromatic N) is 1. The molecular formula is C35H53N3O4S. The van der Waals surface area contributed by atoms with Crippen molar-refractivity contribution in [3.63, 3.8) is 0 Å². The Labute approximate surface area is 263 Å². The third-order valence-electron chi connectivity index (χ3n) is 7.30. The average Bonchev–Trinajstić information content (AvgIpc) is 2.96. The Morgan fingerprint density at radius 3 is 2.19 bits per heavy atom. The number of hydrogen-bond acceptors (Lipinski definition) is 5. The first kappa shape index (κ1) is 36.2. The molecule has 2 aromatic rings. The van der Waals surface area contributed by atoms with Gasteiger partial charge >= 0.3 is 6.09 Å². The molecule has 2 atom stereocenters. The molecule has 2 N–H and O–H groups in total. The van der Waals surface area contributed by atoms with Crippen LogP contribution in [0.25, 0.3) is 0 Å². The van der Waals surface area contributed by atoms with Gasteiger partial charge in [-0.05, 0) is 81.7 Å². The lowest BCUT2D eigenvalue weighted by molar-refractivity contribution is -0.141. The second-order valence-electron chi connectivity index (χ2n) is 12.1. The fourth-order valence-corrected chi connectivity index (χ4v) is 5.37. The maximum Gasteiger partial charge on any atom is 0.408 e. The molecule has 0 saturated heterocycles. The van der Waals surface area contributed by atoms with Crippen molar-refractivity contribution in [2.75, 3.05) is 23.9 Å². The predicted molar refractivity (Wildman–Crippen MR) is 180 cm³/mol. The Hall–Kier alpha value is -3.00. The summed E-state index contributed by atoms with van der Waals surface area (Å²) in [6.07, 6.45) is 8.92. The Morgan fingerprint density at radius 1 is 0.930 bits per heavy atom. The smallest absolute Gasteiger partial charge is 0.408 e. The summed E-state index contributed by atoms with van der Waals surface area (Å²) >= 11 is 1.60. The number of carbonyl (C=O) groups is 3. The van der Waals surface area contributed by atoms with Crippen LogP contribution in [-0.4, -0.2) is 53.0 Å². The van der Waals surface area contributed by atoms with Crippen molar-refractivity contribution in [3.8, 4) is 0 Å². The van der Waals surface area contributed by atoms with E-state index in [1.165, 1.54) is 6.42 Å². The maximum atomic E-state index is 14.4. The van der Waals surface area contributed by atoms with Crippen LogP contribution >= 0.6 is 11.8 Å². The van der Waals surface area contributed by atoms with E-state index in [2.05, 4.69) is 24.5 Å². The first-order valence-corrected chi connectivity index (χ1v) is 17.1. The van der Waals surface area contributed by atoms with Gasteiger partial charge in [0, 0.05) is 12.2 Å². The molecule has 8 heteroatoms. The molecule has 0 radical (unpaired) electrons. The van der Waals surface area contributed by atoms with E-state index in [9.17, 15) is 14.4 Å². The number of aryl methyl sites for hydroxylation is 2. The van der Waals surface area contributed by atoms with E-state index in [0.29, 0.717) is 24.4 Å². The molecule has 0 aliphatic rings. The van der Waals surface area contributed by atoms with E-state index in [0.717, 1.165) is 55.2 Å². The zero-order valence-electron chi connectivity index (χ0n) is 27.3. The van der Waals surface area contributed by atoms with Crippen molar-refractivity contribution in [2.45, 2.75) is 111 Å². The van der Waals surface area contributed by atoms with Gasteiger partial charge in [0.25, 0.3) is 5.91 Å². The van der Waals surface area contributed by atoms with Gasteiger partial charge in [-0.15, -0.1) is 0 Å². The monoisotopic (exact) mass is 611 g/mol. The topological polar surface area (TPSA) is 87.7 Å². The quantitative estimate of drug-likeness (QED) is 0.177. The van der Waals surface area contributed by atoms with Gasteiger partial charge in [0.1, 0.15) is 17.7 Å². The highest BCUT2D eigenvalue weighted by molar-refractivity contribution is 7.98. The lowest BCUT2D eigenvalue weighted by Gasteiger charge is -2.35. The summed E-state index contributed by atoms with van der Waals surface area (Å²) in [6.45, 7) is 12.0. The van der Waals surface area contributed by atoms with Crippen LogP contribution in [-0.2, 0) is 20.7 Å². The largest absolute Gasteiger partial charge is 0.444 e. The zero-order valence-corrected chi connectivity index (χ0v) is 28.1. The minimum absolute atomic E-state index is 0.279. The fourth-order valence-electron chi connectivity index (χ4n) is 4.89. The molecule has 0 bridgehead atoms. The number of unbranched alkanes of at least 4 members (excludes halogenated alkanes) is 5. The highest BCUT2D eigenvalue weighted by atomic mass is 32.2. The summed E-state index contributed by atoms with van der Waals surface area (Å²) in [7, 11) is 0. The Kier molecular flexibility index (Phi) is 15.7. The number of rotatable bonds is 17. The minimum atomic E-state index is -0.870. The number of benzene rings is 2. The number of amides is 3. The van der Waals surface area contributed by atoms with Crippen molar-refractivity contribution in [3.05, 3.63) is 65.2 Å². The number of anilines is 1. The minimum Gasteiger partial charge on any atom is -0.444 e. The molecular weight excluding hydrogens is 558 g/mol. The first-order valence-electron chi connectivity index (χ1n) is 15.7. The molecule has 238 valence electrons. The van der Waals surface area contributed by atoms with Gasteiger partial charge in [0.2, 0.25) is 5.91 Å². The second-order valence-corrected chi connectivity index (χ2v) is 13.1. The van der Waals surface area contributed by atoms with Crippen molar-refractivity contribution < 1.29 is 19.1 Å². The van der Waals surface area contributed by atoms with Crippen LogP contribution in [0.3, 0.4) is 0 Å². The van der Waals surface area contributed by atoms with E-state index in [1.807, 2.05) is 61.7 Å². The molecule has 7 nitrogen and oxygen atoms in total. The molecule has 43 heavy (non-hydrogen) atoms. The van der Waals surface area contributed by atoms with Crippen molar-refractivity contribution in [1.82, 2.24) is 10.2 Å². The van der Waals surface area contributed by atoms with Gasteiger partial charge in [-0.3, -0.25) is 9.59 Å². The molecule has 0 aliphatic heterocycles. The summed E-state index contributed by atoms with van der Waals surface area (Å²) in [4.78, 5) is 43.1. The number of hydrogen-bond donors (Lipinski definition) is 2. The fraction of sp³-hybridized carbons (Fsp3) is 0.571. The second kappa shape index (κ2) is 18.6. The molecule has 0 fully saturated rings. The van der Waals surface area contributed by atoms with Crippen molar-refractivity contribution >= 4 is 35.4 Å². The Morgan fingerprint density at radius 2 is 1.58 bits per heavy atom. The standard InChI is InChI=1S/C35H53N3O4S/c1-8-10-11-12-13-16-24-38(33(40)30(23-25-43-7)37-34(41)42-35(4,5)6)31(28-21-19-27(9-2)20-22-28)32(39)36-29-18-15-14-17-26(29)3/h14-15,17-22,30-31H,8-13,16,23-25H2,1-7H3,(H,36,39)(H,37,41). The van der Waals surface area contributed by atoms with Crippen molar-refractivity contribution in [2.24, 2.45) is 0 Å². The van der Waals surface area contributed by atoms with Crippen LogP contribution in [0.4, 0.5) is 10.5 Å². The zero-order chi connectivity index (χ0) is 31.8. The van der Waals surface area contributed by atoms with E-state index >= 15 is 0 Å². The van der Waals surface area contributed by atoms with Crippen LogP contribution < -0.4 is 10.6 Å². The lowest BCUT2D eigenvalue weighted by atomic mass is 9.99. The summed E-state index contributed by atoms with van der Waals surface area (Å²) in [5.74, 6) is 0.110. The first-order chi connectivity index (χ1) is 20.5. The number of nitrogens with one attached hydrogen (secondary N) is 2. The summed E-state index contributed by atoms with van der Waals surface area (Å²) in [5, 5.41) is 5.93. The Bertz CT molecular complexity index is 1150. The van der Waals surface area contributed by atoms with Gasteiger partial charge in [-0.2, -0.15) is 11.8 Å². The maximum absolute atomic E-state index is 14.4. The summed E-state index contributed by atoms with van der Waals surface area (Å²) in [6, 6.07) is 13.9. The number of para-hydroxylation sites is 1. The highest BCUT2D eigenvalue weighted by Crippen LogP contribution is 2.27. The molecule has 2 rings (SSSR count). The third kappa shape index (κ3) is 12.6. The van der Waals surface area contributed by atoms with Crippen LogP contribution in [0.1, 0.15) is 102 Å². The molecule has 2 aromatic carbocycles. The summed E-state index contributed by atoms with van der Waals surface area (Å²) in [5.41, 5.74) is 2.84. The third-order valence-corrected chi connectivity index (χ3v) is 7.95. The average molecular weight is 612 g/mol. The van der Waals surface area contributed by atoms with E-state index in [4.69, 9.17) is 4.74 Å². The van der Waals surface area contributed by atoms with Gasteiger partial charge in [-0.1, -0.05) is 88.4 Å². The van der Waals surface area contributed by atoms with Gasteiger partial charge in [0.15, 0.2) is 0 Å². The SMILES string of the molecule is CCCCCCCCN(C(=O)C(CCSC)NC(=O)OC(C)(C)C)C(C(=O)Nc1ccccc1C)c1ccc(CC)cc1. The number of alkyl carbamates (subject to hydrolysis) is 1. The molecule has 2 unspecified atom stereocenters. The van der Waals surface area contributed by atoms with Crippen LogP contribution in [0.5, 0.6) is 0 Å². The number of thioether (sulfide) groups is 1. The van der Waals surface area contributed by atoms with E-state index in [-0.39, 0.29) is 11.8 Å². The van der Waals surface area contributed by atoms with Gasteiger partial charge in [-0.25, -0.2) is 4.79 Å². The molecule has 0 heterocycles. The van der Waals surface area contributed by atoms with Crippen molar-refractivity contribution in [1.29, 1.82) is 0 Å². The molecule has 0 saturated carbocycles. The number of ether oxygens (including phenoxy) is 1. The Balaban J connectivity index is 2.52. The van der Waals surface area contributed by atoms with E-state index in [1.54, 1.807) is 37.4 Å². The van der Waals surface area contributed by atoms with Crippen LogP contribution in [0.15, 0.2) is 48.5 Å². The summed E-state index contributed by atoms with van der Waals surface area (Å²) < 4.78 is 5.52. The molecule has 3 amide bonds. The van der Waals surface area contributed by atoms with Crippen LogP contribution in [0.2, 0.25) is 0 Å². The lowest BCUT2D eigenvalue weighted by Crippen LogP contribution is -2.52. The molecule has 0 spiro atoms. The highest BCUT2D eigenvalue weighted by Gasteiger charge is 2.36. The normalized spacial score (nSPS) is 12.7. The predicted octanol–water partition coefficient (Wildman–Crippen LogP) is 8.07. The molecule has 0 aromatic heterocycles. The number of carbonyl (C=O) groups excluding carboxylic acids is 3. The molecule has 0 aliphatic carbocycles. The van der Waals surface area contributed by atoms with Crippen LogP contribution in [0, 0.1) is 6.92 Å². The van der Waals surface area contributed by atoms with Gasteiger partial charge in [0.05, 0.1) is 0 Å².